The number of rotatable bonds is 5. The summed E-state index contributed by atoms with van der Waals surface area (Å²) in [6.45, 7) is 1.53. The smallest absolute Gasteiger partial charge is 0.404 e. The zero-order valence-corrected chi connectivity index (χ0v) is 6.62. The number of nitrogens with two attached hydrogens (primary N) is 1. The van der Waals surface area contributed by atoms with E-state index in [1.807, 2.05) is 11.9 Å². The largest absolute Gasteiger partial charge is 0.448 e. The van der Waals surface area contributed by atoms with Crippen molar-refractivity contribution in [1.29, 1.82) is 0 Å². The fraction of sp³-hybridized carbons (Fsp3) is 0.833. The highest BCUT2D eigenvalue weighted by molar-refractivity contribution is 5.64. The highest BCUT2D eigenvalue weighted by Gasteiger charge is 1.97. The molecule has 0 aliphatic carbocycles. The van der Waals surface area contributed by atoms with E-state index in [2.05, 4.69) is 4.74 Å². The van der Waals surface area contributed by atoms with Gasteiger partial charge in [-0.1, -0.05) is 0 Å². The molecule has 0 aromatic heterocycles. The van der Waals surface area contributed by atoms with Gasteiger partial charge in [0.25, 0.3) is 0 Å². The Morgan fingerprint density at radius 2 is 2.27 bits per heavy atom. The molecule has 0 saturated heterocycles. The Kier molecular flexibility index (Phi) is 5.50. The third kappa shape index (κ3) is 7.08. The van der Waals surface area contributed by atoms with Crippen LogP contribution >= 0.6 is 0 Å². The zero-order chi connectivity index (χ0) is 8.69. The van der Waals surface area contributed by atoms with Crippen LogP contribution in [0.25, 0.3) is 0 Å². The van der Waals surface area contributed by atoms with Crippen molar-refractivity contribution in [2.45, 2.75) is 0 Å². The topological polar surface area (TPSA) is 75.8 Å². The van der Waals surface area contributed by atoms with Gasteiger partial charge in [0.2, 0.25) is 0 Å². The fourth-order valence-electron chi connectivity index (χ4n) is 0.585. The molecule has 0 atom stereocenters. The minimum Gasteiger partial charge on any atom is -0.448 e. The van der Waals surface area contributed by atoms with E-state index >= 15 is 0 Å². The maximum atomic E-state index is 10.1. The molecule has 0 spiro atoms. The van der Waals surface area contributed by atoms with Crippen LogP contribution in [-0.4, -0.2) is 49.5 Å². The van der Waals surface area contributed by atoms with Crippen molar-refractivity contribution in [1.82, 2.24) is 4.90 Å². The van der Waals surface area contributed by atoms with Crippen LogP contribution in [0.15, 0.2) is 0 Å². The second kappa shape index (κ2) is 5.94. The first-order valence-corrected chi connectivity index (χ1v) is 3.38. The zero-order valence-electron chi connectivity index (χ0n) is 6.62. The van der Waals surface area contributed by atoms with Crippen LogP contribution in [-0.2, 0) is 4.74 Å². The van der Waals surface area contributed by atoms with Crippen molar-refractivity contribution < 1.29 is 14.6 Å². The number of carbonyl (C=O) groups excluding carboxylic acids is 1. The van der Waals surface area contributed by atoms with Gasteiger partial charge in [0.1, 0.15) is 6.61 Å². The minimum absolute atomic E-state index is 0.104. The lowest BCUT2D eigenvalue weighted by Crippen LogP contribution is -2.28. The summed E-state index contributed by atoms with van der Waals surface area (Å²) in [4.78, 5) is 11.9. The molecule has 0 heterocycles. The summed E-state index contributed by atoms with van der Waals surface area (Å²) in [7, 11) is 1.82. The lowest BCUT2D eigenvalue weighted by molar-refractivity contribution is 0.135. The average Bonchev–Trinajstić information content (AvgIpc) is 1.87. The van der Waals surface area contributed by atoms with Gasteiger partial charge in [0, 0.05) is 13.1 Å². The minimum atomic E-state index is -0.762. The van der Waals surface area contributed by atoms with E-state index in [1.165, 1.54) is 0 Å². The highest BCUT2D eigenvalue weighted by Crippen LogP contribution is 1.81. The molecule has 0 aromatic carbocycles. The van der Waals surface area contributed by atoms with Crippen LogP contribution in [0.3, 0.4) is 0 Å². The molecule has 0 rings (SSSR count). The molecule has 0 aliphatic heterocycles. The Bertz CT molecular complexity index is 118. The van der Waals surface area contributed by atoms with Gasteiger partial charge in [0.05, 0.1) is 6.61 Å². The molecule has 5 heteroatoms. The van der Waals surface area contributed by atoms with Crippen molar-refractivity contribution in [3.8, 4) is 0 Å². The van der Waals surface area contributed by atoms with Crippen molar-refractivity contribution in [3.05, 3.63) is 0 Å². The number of hydrogen-bond acceptors (Lipinski definition) is 4. The molecule has 3 N–H and O–H groups in total. The lowest BCUT2D eigenvalue weighted by Gasteiger charge is -2.13. The van der Waals surface area contributed by atoms with Crippen LogP contribution in [0.5, 0.6) is 0 Å². The summed E-state index contributed by atoms with van der Waals surface area (Å²) >= 11 is 0. The van der Waals surface area contributed by atoms with Crippen molar-refractivity contribution >= 4 is 6.09 Å². The monoisotopic (exact) mass is 162 g/mol. The number of ether oxygens (including phenoxy) is 1. The number of hydrogen-bond donors (Lipinski definition) is 2. The second-order valence-corrected chi connectivity index (χ2v) is 2.19. The first-order valence-electron chi connectivity index (χ1n) is 3.38. The Balaban J connectivity index is 3.16. The van der Waals surface area contributed by atoms with Gasteiger partial charge >= 0.3 is 6.09 Å². The Morgan fingerprint density at radius 3 is 2.73 bits per heavy atom. The van der Waals surface area contributed by atoms with Crippen molar-refractivity contribution in [3.63, 3.8) is 0 Å². The molecule has 5 nitrogen and oxygen atoms in total. The van der Waals surface area contributed by atoms with Crippen molar-refractivity contribution in [2.75, 3.05) is 33.4 Å². The van der Waals surface area contributed by atoms with Crippen LogP contribution < -0.4 is 5.73 Å². The molecule has 0 saturated carbocycles. The van der Waals surface area contributed by atoms with E-state index in [-0.39, 0.29) is 13.2 Å². The molecule has 0 radical (unpaired) electrons. The first kappa shape index (κ1) is 10.2. The van der Waals surface area contributed by atoms with Crippen LogP contribution in [0.4, 0.5) is 4.79 Å². The summed E-state index contributed by atoms with van der Waals surface area (Å²) in [5.74, 6) is 0. The number of aliphatic hydroxyl groups excluding tert-OH is 1. The normalized spacial score (nSPS) is 10.1. The van der Waals surface area contributed by atoms with E-state index < -0.39 is 6.09 Å². The number of primary amides is 1. The van der Waals surface area contributed by atoms with E-state index in [4.69, 9.17) is 10.8 Å². The number of amides is 1. The Morgan fingerprint density at radius 1 is 1.64 bits per heavy atom. The Hall–Kier alpha value is -0.810. The molecule has 0 aromatic rings. The van der Waals surface area contributed by atoms with Crippen LogP contribution in [0.2, 0.25) is 0 Å². The highest BCUT2D eigenvalue weighted by atomic mass is 16.5. The summed E-state index contributed by atoms with van der Waals surface area (Å²) in [5.41, 5.74) is 4.72. The van der Waals surface area contributed by atoms with Crippen molar-refractivity contribution in [2.24, 2.45) is 5.73 Å². The van der Waals surface area contributed by atoms with Gasteiger partial charge in [-0.05, 0) is 7.05 Å². The van der Waals surface area contributed by atoms with Gasteiger partial charge in [-0.25, -0.2) is 4.79 Å². The molecular weight excluding hydrogens is 148 g/mol. The maximum absolute atomic E-state index is 10.1. The van der Waals surface area contributed by atoms with E-state index in [9.17, 15) is 4.79 Å². The summed E-state index contributed by atoms with van der Waals surface area (Å²) in [5, 5.41) is 8.47. The van der Waals surface area contributed by atoms with Crippen LogP contribution in [0, 0.1) is 0 Å². The van der Waals surface area contributed by atoms with Gasteiger partial charge in [-0.15, -0.1) is 0 Å². The van der Waals surface area contributed by atoms with Gasteiger partial charge < -0.3 is 20.5 Å². The van der Waals surface area contributed by atoms with E-state index in [1.54, 1.807) is 0 Å². The summed E-state index contributed by atoms with van der Waals surface area (Å²) < 4.78 is 4.47. The molecule has 11 heavy (non-hydrogen) atoms. The molecule has 0 aliphatic rings. The molecule has 0 unspecified atom stereocenters. The maximum Gasteiger partial charge on any atom is 0.404 e. The quantitative estimate of drug-likeness (QED) is 0.544. The standard InChI is InChI=1S/C6H14N2O3/c1-8(2-4-9)3-5-11-6(7)10/h9H,2-5H2,1H3,(H2,7,10). The molecule has 1 amide bonds. The van der Waals surface area contributed by atoms with Gasteiger partial charge in [-0.3, -0.25) is 0 Å². The predicted octanol–water partition coefficient (Wildman–Crippen LogP) is -0.994. The van der Waals surface area contributed by atoms with Crippen LogP contribution in [0.1, 0.15) is 0 Å². The first-order chi connectivity index (χ1) is 5.16. The molecule has 0 bridgehead atoms. The number of carbonyl (C=O) groups is 1. The molecular formula is C6H14N2O3. The average molecular weight is 162 g/mol. The SMILES string of the molecule is CN(CCO)CCOC(N)=O. The second-order valence-electron chi connectivity index (χ2n) is 2.19. The Labute approximate surface area is 65.7 Å². The molecule has 66 valence electrons. The lowest BCUT2D eigenvalue weighted by atomic mass is 10.5. The number of aliphatic hydroxyl groups is 1. The third-order valence-electron chi connectivity index (χ3n) is 1.20. The van der Waals surface area contributed by atoms with E-state index in [0.717, 1.165) is 0 Å². The van der Waals surface area contributed by atoms with Gasteiger partial charge in [-0.2, -0.15) is 0 Å². The predicted molar refractivity (Wildman–Crippen MR) is 40.1 cm³/mol. The summed E-state index contributed by atoms with van der Waals surface area (Å²) in [6.07, 6.45) is -0.762. The number of likely N-dealkylation sites (N-methyl/N-ethyl adjacent to an activating group) is 1. The van der Waals surface area contributed by atoms with Gasteiger partial charge in [0.15, 0.2) is 0 Å². The van der Waals surface area contributed by atoms with E-state index in [0.29, 0.717) is 13.1 Å². The third-order valence-corrected chi connectivity index (χ3v) is 1.20. The summed E-state index contributed by atoms with van der Waals surface area (Å²) in [6, 6.07) is 0. The fourth-order valence-corrected chi connectivity index (χ4v) is 0.585. The molecule has 0 fully saturated rings. The number of nitrogens with zero attached hydrogens (tertiary/aromatic N) is 1.